The Hall–Kier alpha value is -3.68. The average Bonchev–Trinajstić information content (AvgIpc) is 3.06. The van der Waals surface area contributed by atoms with E-state index in [4.69, 9.17) is 33.2 Å². The lowest BCUT2D eigenvalue weighted by Crippen LogP contribution is -2.33. The van der Waals surface area contributed by atoms with Crippen molar-refractivity contribution in [2.24, 2.45) is 7.05 Å². The molecule has 0 unspecified atom stereocenters. The summed E-state index contributed by atoms with van der Waals surface area (Å²) in [7, 11) is 1.83. The maximum absolute atomic E-state index is 12.1. The number of fused-ring (bicyclic) bond motifs is 1. The van der Waals surface area contributed by atoms with Crippen LogP contribution in [0.4, 0.5) is 0 Å². The molecule has 1 N–H and O–H groups in total. The van der Waals surface area contributed by atoms with Crippen LogP contribution in [0.1, 0.15) is 5.69 Å². The Morgan fingerprint density at radius 3 is 2.62 bits per heavy atom. The highest BCUT2D eigenvalue weighted by Gasteiger charge is 2.17. The van der Waals surface area contributed by atoms with Crippen LogP contribution in [-0.2, 0) is 7.05 Å². The fourth-order valence-corrected chi connectivity index (χ4v) is 3.20. The van der Waals surface area contributed by atoms with Gasteiger partial charge in [-0.2, -0.15) is 9.94 Å². The molecule has 0 radical (unpaired) electrons. The van der Waals surface area contributed by atoms with Crippen LogP contribution in [0.15, 0.2) is 40.3 Å². The number of halogens is 2. The van der Waals surface area contributed by atoms with Crippen LogP contribution in [0.5, 0.6) is 11.6 Å². The lowest BCUT2D eigenvalue weighted by Gasteiger charge is -2.12. The molecule has 0 aliphatic heterocycles. The molecule has 4 aromatic rings. The van der Waals surface area contributed by atoms with Gasteiger partial charge in [0.1, 0.15) is 18.0 Å². The van der Waals surface area contributed by atoms with Crippen LogP contribution in [-0.4, -0.2) is 29.3 Å². The predicted octanol–water partition coefficient (Wildman–Crippen LogP) is 2.17. The first-order valence-corrected chi connectivity index (χ1v) is 8.71. The molecule has 0 saturated heterocycles. The first-order valence-electron chi connectivity index (χ1n) is 7.96. The molecular formula is C17H9Cl2N7O3. The average molecular weight is 430 g/mol. The Kier molecular flexibility index (Phi) is 4.54. The minimum absolute atomic E-state index is 0.0635. The summed E-state index contributed by atoms with van der Waals surface area (Å²) in [6, 6.07) is 6.11. The van der Waals surface area contributed by atoms with E-state index in [2.05, 4.69) is 15.1 Å². The molecule has 0 aliphatic rings. The van der Waals surface area contributed by atoms with Gasteiger partial charge in [0.15, 0.2) is 5.75 Å². The third-order valence-electron chi connectivity index (χ3n) is 3.99. The van der Waals surface area contributed by atoms with Crippen molar-refractivity contribution in [1.29, 1.82) is 5.26 Å². The number of aromatic amines is 1. The van der Waals surface area contributed by atoms with E-state index in [1.165, 1.54) is 18.5 Å². The highest BCUT2D eigenvalue weighted by atomic mass is 35.5. The topological polar surface area (TPSA) is 131 Å². The van der Waals surface area contributed by atoms with Crippen LogP contribution in [0.2, 0.25) is 10.0 Å². The molecule has 0 fully saturated rings. The second kappa shape index (κ2) is 7.05. The van der Waals surface area contributed by atoms with Crippen LogP contribution < -0.4 is 16.0 Å². The normalized spacial score (nSPS) is 10.8. The summed E-state index contributed by atoms with van der Waals surface area (Å²) in [6.45, 7) is 0. The summed E-state index contributed by atoms with van der Waals surface area (Å²) < 4.78 is 8.42. The molecule has 0 saturated carbocycles. The quantitative estimate of drug-likeness (QED) is 0.527. The number of nitriles is 1. The number of nitrogens with one attached hydrogen (secondary N) is 1. The SMILES string of the molecule is Cn1ccc2c(Oc3c(Cl)cc(-n4nc(C#N)c(=O)[nH]c4=O)cc3Cl)ncnc21. The molecule has 0 bridgehead atoms. The van der Waals surface area contributed by atoms with Crippen molar-refractivity contribution in [2.45, 2.75) is 0 Å². The van der Waals surface area contributed by atoms with Crippen molar-refractivity contribution < 1.29 is 4.74 Å². The van der Waals surface area contributed by atoms with E-state index in [1.54, 1.807) is 22.9 Å². The van der Waals surface area contributed by atoms with Gasteiger partial charge in [-0.3, -0.25) is 9.78 Å². The van der Waals surface area contributed by atoms with E-state index >= 15 is 0 Å². The Labute approximate surface area is 171 Å². The van der Waals surface area contributed by atoms with E-state index in [-0.39, 0.29) is 27.4 Å². The second-order valence-corrected chi connectivity index (χ2v) is 6.63. The number of aryl methyl sites for hydroxylation is 1. The fraction of sp³-hybridized carbons (Fsp3) is 0.0588. The third kappa shape index (κ3) is 3.22. The summed E-state index contributed by atoms with van der Waals surface area (Å²) in [5.41, 5.74) is -1.42. The zero-order valence-corrected chi connectivity index (χ0v) is 16.1. The van der Waals surface area contributed by atoms with Gasteiger partial charge in [0.25, 0.3) is 5.56 Å². The largest absolute Gasteiger partial charge is 0.435 e. The molecule has 29 heavy (non-hydrogen) atoms. The van der Waals surface area contributed by atoms with E-state index < -0.39 is 16.9 Å². The van der Waals surface area contributed by atoms with Gasteiger partial charge in [-0.15, -0.1) is 5.10 Å². The molecule has 3 aromatic heterocycles. The third-order valence-corrected chi connectivity index (χ3v) is 4.55. The predicted molar refractivity (Wildman–Crippen MR) is 104 cm³/mol. The molecule has 144 valence electrons. The minimum atomic E-state index is -0.887. The number of ether oxygens (including phenoxy) is 1. The summed E-state index contributed by atoms with van der Waals surface area (Å²) in [5, 5.41) is 13.5. The molecule has 0 atom stereocenters. The van der Waals surface area contributed by atoms with Crippen LogP contribution >= 0.6 is 23.2 Å². The Morgan fingerprint density at radius 2 is 1.93 bits per heavy atom. The second-order valence-electron chi connectivity index (χ2n) is 5.81. The van der Waals surface area contributed by atoms with Gasteiger partial charge < -0.3 is 9.30 Å². The van der Waals surface area contributed by atoms with Crippen molar-refractivity contribution in [2.75, 3.05) is 0 Å². The van der Waals surface area contributed by atoms with Crippen molar-refractivity contribution >= 4 is 34.2 Å². The van der Waals surface area contributed by atoms with Crippen LogP contribution in [0, 0.1) is 11.3 Å². The molecule has 1 aromatic carbocycles. The van der Waals surface area contributed by atoms with E-state index in [0.717, 1.165) is 4.68 Å². The smallest absolute Gasteiger partial charge is 0.349 e. The Morgan fingerprint density at radius 1 is 1.21 bits per heavy atom. The van der Waals surface area contributed by atoms with Crippen LogP contribution in [0.3, 0.4) is 0 Å². The number of aromatic nitrogens is 6. The van der Waals surface area contributed by atoms with E-state index in [9.17, 15) is 9.59 Å². The van der Waals surface area contributed by atoms with E-state index in [1.807, 2.05) is 12.0 Å². The van der Waals surface area contributed by atoms with Crippen molar-refractivity contribution in [3.05, 3.63) is 67.3 Å². The molecule has 4 rings (SSSR count). The molecule has 10 nitrogen and oxygen atoms in total. The van der Waals surface area contributed by atoms with Crippen molar-refractivity contribution in [1.82, 2.24) is 29.3 Å². The molecule has 12 heteroatoms. The first-order chi connectivity index (χ1) is 13.9. The van der Waals surface area contributed by atoms with Crippen molar-refractivity contribution in [3.63, 3.8) is 0 Å². The minimum Gasteiger partial charge on any atom is -0.435 e. The van der Waals surface area contributed by atoms with Gasteiger partial charge >= 0.3 is 5.69 Å². The number of hydrogen-bond donors (Lipinski definition) is 1. The van der Waals surface area contributed by atoms with Crippen LogP contribution in [0.25, 0.3) is 16.7 Å². The zero-order chi connectivity index (χ0) is 20.7. The molecule has 0 spiro atoms. The zero-order valence-electron chi connectivity index (χ0n) is 14.6. The number of nitrogens with zero attached hydrogens (tertiary/aromatic N) is 6. The molecule has 0 amide bonds. The molecule has 0 aliphatic carbocycles. The number of H-pyrrole nitrogens is 1. The summed E-state index contributed by atoms with van der Waals surface area (Å²) in [5.74, 6) is 0.358. The highest BCUT2D eigenvalue weighted by molar-refractivity contribution is 6.37. The summed E-state index contributed by atoms with van der Waals surface area (Å²) in [4.78, 5) is 33.9. The summed E-state index contributed by atoms with van der Waals surface area (Å²) >= 11 is 12.6. The number of rotatable bonds is 3. The maximum Gasteiger partial charge on any atom is 0.349 e. The highest BCUT2D eigenvalue weighted by Crippen LogP contribution is 2.39. The first kappa shape index (κ1) is 18.7. The molecular weight excluding hydrogens is 421 g/mol. The lowest BCUT2D eigenvalue weighted by molar-refractivity contribution is 0.468. The van der Waals surface area contributed by atoms with Crippen molar-refractivity contribution in [3.8, 4) is 23.4 Å². The van der Waals surface area contributed by atoms with E-state index in [0.29, 0.717) is 11.0 Å². The van der Waals surface area contributed by atoms with Gasteiger partial charge in [-0.05, 0) is 18.2 Å². The van der Waals surface area contributed by atoms with Gasteiger partial charge in [-0.1, -0.05) is 23.2 Å². The van der Waals surface area contributed by atoms with Gasteiger partial charge in [0, 0.05) is 13.2 Å². The van der Waals surface area contributed by atoms with Gasteiger partial charge in [-0.25, -0.2) is 14.8 Å². The summed E-state index contributed by atoms with van der Waals surface area (Å²) in [6.07, 6.45) is 3.15. The van der Waals surface area contributed by atoms with Gasteiger partial charge in [0.2, 0.25) is 11.6 Å². The molecule has 3 heterocycles. The Balaban J connectivity index is 1.80. The number of hydrogen-bond acceptors (Lipinski definition) is 7. The Bertz CT molecular complexity index is 1410. The lowest BCUT2D eigenvalue weighted by atomic mass is 10.3. The fourth-order valence-electron chi connectivity index (χ4n) is 2.65. The van der Waals surface area contributed by atoms with Gasteiger partial charge in [0.05, 0.1) is 21.1 Å². The number of benzene rings is 1. The maximum atomic E-state index is 12.1. The standard InChI is InChI=1S/C17H9Cl2N7O3/c1-25-3-2-9-14(25)21-7-22-16(9)29-13-10(18)4-8(5-11(13)19)26-17(28)23-15(27)12(6-20)24-26/h2-5,7H,1H3,(H,23,27,28). The monoisotopic (exact) mass is 429 g/mol.